The first-order chi connectivity index (χ1) is 9.76. The minimum atomic E-state index is -0.307. The van der Waals surface area contributed by atoms with Gasteiger partial charge in [-0.25, -0.2) is 4.98 Å². The van der Waals surface area contributed by atoms with Gasteiger partial charge in [0, 0.05) is 19.5 Å². The number of amides is 1. The molecule has 0 spiro atoms. The van der Waals surface area contributed by atoms with Gasteiger partial charge >= 0.3 is 0 Å². The molecule has 1 aromatic heterocycles. The summed E-state index contributed by atoms with van der Waals surface area (Å²) in [5, 5.41) is 11.9. The lowest BCUT2D eigenvalue weighted by Crippen LogP contribution is -2.25. The van der Waals surface area contributed by atoms with Crippen LogP contribution in [0.25, 0.3) is 6.08 Å². The van der Waals surface area contributed by atoms with E-state index in [0.29, 0.717) is 6.54 Å². The van der Waals surface area contributed by atoms with E-state index >= 15 is 0 Å². The number of hydrogen-bond acceptors (Lipinski definition) is 3. The number of carbonyl (C=O) groups excluding carboxylic acids is 1. The third-order valence-corrected chi connectivity index (χ3v) is 3.44. The minimum absolute atomic E-state index is 0.144. The zero-order chi connectivity index (χ0) is 14.4. The molecule has 0 unspecified atom stereocenters. The standard InChI is InChI=1S/C15H20N4O/c1-2-7-17-15(20)12(10-16)9-13-11-18-14-6-4-3-5-8-19(13)14/h9,11H,2-8H2,1H3,(H,17,20)/b12-9+. The van der Waals surface area contributed by atoms with Crippen molar-refractivity contribution in [2.24, 2.45) is 0 Å². The van der Waals surface area contributed by atoms with E-state index in [2.05, 4.69) is 14.9 Å². The Hall–Kier alpha value is -2.09. The van der Waals surface area contributed by atoms with Crippen molar-refractivity contribution in [2.75, 3.05) is 6.54 Å². The molecule has 0 aliphatic carbocycles. The Balaban J connectivity index is 2.22. The summed E-state index contributed by atoms with van der Waals surface area (Å²) in [5.74, 6) is 0.749. The van der Waals surface area contributed by atoms with E-state index in [1.165, 1.54) is 6.42 Å². The molecule has 1 aliphatic rings. The highest BCUT2D eigenvalue weighted by Gasteiger charge is 2.14. The number of fused-ring (bicyclic) bond motifs is 1. The Labute approximate surface area is 119 Å². The number of nitriles is 1. The van der Waals surface area contributed by atoms with Crippen molar-refractivity contribution >= 4 is 12.0 Å². The van der Waals surface area contributed by atoms with Crippen LogP contribution in [0.1, 0.15) is 44.1 Å². The lowest BCUT2D eigenvalue weighted by Gasteiger charge is -2.06. The number of aryl methyl sites for hydroxylation is 1. The average Bonchev–Trinajstić information content (AvgIpc) is 2.69. The van der Waals surface area contributed by atoms with Gasteiger partial charge in [0.1, 0.15) is 17.5 Å². The maximum absolute atomic E-state index is 11.9. The molecule has 1 N–H and O–H groups in total. The van der Waals surface area contributed by atoms with Gasteiger partial charge in [-0.05, 0) is 25.3 Å². The fourth-order valence-electron chi connectivity index (χ4n) is 2.36. The summed E-state index contributed by atoms with van der Waals surface area (Å²) >= 11 is 0. The van der Waals surface area contributed by atoms with Crippen molar-refractivity contribution in [1.29, 1.82) is 5.26 Å². The molecule has 2 heterocycles. The first kappa shape index (κ1) is 14.3. The molecule has 0 fully saturated rings. The quantitative estimate of drug-likeness (QED) is 0.673. The number of nitrogens with one attached hydrogen (secondary N) is 1. The summed E-state index contributed by atoms with van der Waals surface area (Å²) in [4.78, 5) is 16.3. The van der Waals surface area contributed by atoms with Crippen molar-refractivity contribution in [1.82, 2.24) is 14.9 Å². The van der Waals surface area contributed by atoms with Crippen molar-refractivity contribution in [3.05, 3.63) is 23.3 Å². The summed E-state index contributed by atoms with van der Waals surface area (Å²) in [6.07, 6.45) is 8.70. The summed E-state index contributed by atoms with van der Waals surface area (Å²) in [6, 6.07) is 1.98. The Morgan fingerprint density at radius 3 is 3.15 bits per heavy atom. The third kappa shape index (κ3) is 3.27. The predicted octanol–water partition coefficient (Wildman–Crippen LogP) is 2.04. The largest absolute Gasteiger partial charge is 0.351 e. The molecule has 0 saturated carbocycles. The zero-order valence-electron chi connectivity index (χ0n) is 11.9. The molecule has 0 radical (unpaired) electrons. The SMILES string of the molecule is CCCNC(=O)/C(C#N)=C/c1cnc2n1CCCCC2. The monoisotopic (exact) mass is 272 g/mol. The van der Waals surface area contributed by atoms with Gasteiger partial charge in [-0.2, -0.15) is 5.26 Å². The molecule has 20 heavy (non-hydrogen) atoms. The van der Waals surface area contributed by atoms with Gasteiger partial charge in [0.2, 0.25) is 0 Å². The van der Waals surface area contributed by atoms with Crippen LogP contribution in [-0.2, 0) is 17.8 Å². The lowest BCUT2D eigenvalue weighted by molar-refractivity contribution is -0.117. The van der Waals surface area contributed by atoms with Gasteiger partial charge in [-0.1, -0.05) is 13.3 Å². The van der Waals surface area contributed by atoms with Gasteiger partial charge in [-0.3, -0.25) is 4.79 Å². The van der Waals surface area contributed by atoms with Gasteiger partial charge in [-0.15, -0.1) is 0 Å². The number of carbonyl (C=O) groups is 1. The van der Waals surface area contributed by atoms with E-state index in [9.17, 15) is 4.79 Å². The van der Waals surface area contributed by atoms with E-state index in [0.717, 1.165) is 43.7 Å². The average molecular weight is 272 g/mol. The van der Waals surface area contributed by atoms with Gasteiger partial charge < -0.3 is 9.88 Å². The smallest absolute Gasteiger partial charge is 0.262 e. The highest BCUT2D eigenvalue weighted by atomic mass is 16.1. The Kier molecular flexibility index (Phi) is 4.94. The molecule has 1 aliphatic heterocycles. The van der Waals surface area contributed by atoms with Crippen LogP contribution < -0.4 is 5.32 Å². The van der Waals surface area contributed by atoms with Crippen molar-refractivity contribution in [3.63, 3.8) is 0 Å². The third-order valence-electron chi connectivity index (χ3n) is 3.44. The fourth-order valence-corrected chi connectivity index (χ4v) is 2.36. The first-order valence-electron chi connectivity index (χ1n) is 7.20. The number of nitrogens with zero attached hydrogens (tertiary/aromatic N) is 3. The van der Waals surface area contributed by atoms with E-state index in [1.54, 1.807) is 12.3 Å². The van der Waals surface area contributed by atoms with E-state index < -0.39 is 0 Å². The Morgan fingerprint density at radius 1 is 1.55 bits per heavy atom. The minimum Gasteiger partial charge on any atom is -0.351 e. The lowest BCUT2D eigenvalue weighted by atomic mass is 10.2. The summed E-state index contributed by atoms with van der Waals surface area (Å²) in [5.41, 5.74) is 0.996. The molecule has 0 bridgehead atoms. The number of imidazole rings is 1. The van der Waals surface area contributed by atoms with Crippen LogP contribution in [-0.4, -0.2) is 22.0 Å². The molecule has 5 heteroatoms. The maximum atomic E-state index is 11.9. The maximum Gasteiger partial charge on any atom is 0.262 e. The van der Waals surface area contributed by atoms with Gasteiger partial charge in [0.25, 0.3) is 5.91 Å². The molecule has 5 nitrogen and oxygen atoms in total. The van der Waals surface area contributed by atoms with Crippen LogP contribution in [0, 0.1) is 11.3 Å². The highest BCUT2D eigenvalue weighted by Crippen LogP contribution is 2.18. The van der Waals surface area contributed by atoms with Crippen LogP contribution in [0.5, 0.6) is 0 Å². The summed E-state index contributed by atoms with van der Waals surface area (Å²) in [6.45, 7) is 3.48. The second-order valence-corrected chi connectivity index (χ2v) is 4.99. The van der Waals surface area contributed by atoms with Crippen LogP contribution in [0.3, 0.4) is 0 Å². The fraction of sp³-hybridized carbons (Fsp3) is 0.533. The molecule has 0 atom stereocenters. The van der Waals surface area contributed by atoms with Crippen molar-refractivity contribution < 1.29 is 4.79 Å². The molecule has 0 saturated heterocycles. The molecule has 1 amide bonds. The van der Waals surface area contributed by atoms with E-state index in [-0.39, 0.29) is 11.5 Å². The van der Waals surface area contributed by atoms with Crippen LogP contribution >= 0.6 is 0 Å². The first-order valence-corrected chi connectivity index (χ1v) is 7.20. The summed E-state index contributed by atoms with van der Waals surface area (Å²) in [7, 11) is 0. The van der Waals surface area contributed by atoms with Crippen LogP contribution in [0.15, 0.2) is 11.8 Å². The molecule has 0 aromatic carbocycles. The predicted molar refractivity (Wildman–Crippen MR) is 76.7 cm³/mol. The number of hydrogen-bond donors (Lipinski definition) is 1. The topological polar surface area (TPSA) is 70.7 Å². The zero-order valence-corrected chi connectivity index (χ0v) is 11.9. The summed E-state index contributed by atoms with van der Waals surface area (Å²) < 4.78 is 2.12. The molecule has 1 aromatic rings. The molecule has 106 valence electrons. The Morgan fingerprint density at radius 2 is 2.40 bits per heavy atom. The van der Waals surface area contributed by atoms with Gasteiger partial charge in [0.05, 0.1) is 11.9 Å². The second-order valence-electron chi connectivity index (χ2n) is 4.99. The van der Waals surface area contributed by atoms with Gasteiger partial charge in [0.15, 0.2) is 0 Å². The van der Waals surface area contributed by atoms with Crippen molar-refractivity contribution in [2.45, 2.75) is 45.6 Å². The van der Waals surface area contributed by atoms with E-state index in [4.69, 9.17) is 5.26 Å². The van der Waals surface area contributed by atoms with Crippen LogP contribution in [0.4, 0.5) is 0 Å². The van der Waals surface area contributed by atoms with E-state index in [1.807, 2.05) is 13.0 Å². The van der Waals surface area contributed by atoms with Crippen molar-refractivity contribution in [3.8, 4) is 6.07 Å². The van der Waals surface area contributed by atoms with Crippen LogP contribution in [0.2, 0.25) is 0 Å². The normalized spacial score (nSPS) is 15.1. The molecular formula is C15H20N4O. The number of rotatable bonds is 4. The number of aromatic nitrogens is 2. The molecular weight excluding hydrogens is 252 g/mol. The molecule has 2 rings (SSSR count). The highest BCUT2D eigenvalue weighted by molar-refractivity contribution is 6.01. The second kappa shape index (κ2) is 6.90. The Bertz CT molecular complexity index is 551.